The quantitative estimate of drug-likeness (QED) is 0.142. The van der Waals surface area contributed by atoms with Crippen LogP contribution in [-0.4, -0.2) is 110 Å². The number of fused-ring (bicyclic) bond motifs is 2. The van der Waals surface area contributed by atoms with Gasteiger partial charge in [-0.3, -0.25) is 24.6 Å². The molecule has 0 spiro atoms. The molecule has 14 heteroatoms. The van der Waals surface area contributed by atoms with Crippen molar-refractivity contribution in [2.45, 2.75) is 88.9 Å². The highest BCUT2D eigenvalue weighted by molar-refractivity contribution is 6.05. The molecule has 5 aromatic rings. The van der Waals surface area contributed by atoms with Crippen molar-refractivity contribution in [3.8, 4) is 22.8 Å². The number of rotatable bonds is 11. The van der Waals surface area contributed by atoms with Crippen molar-refractivity contribution in [3.63, 3.8) is 0 Å². The summed E-state index contributed by atoms with van der Waals surface area (Å²) in [6, 6.07) is 24.1. The molecule has 0 radical (unpaired) electrons. The van der Waals surface area contributed by atoms with E-state index in [9.17, 15) is 14.4 Å². The molecular weight excluding hydrogens is 781 g/mol. The predicted octanol–water partition coefficient (Wildman–Crippen LogP) is 6.43. The summed E-state index contributed by atoms with van der Waals surface area (Å²) in [4.78, 5) is 55.9. The predicted molar refractivity (Wildman–Crippen MR) is 238 cm³/mol. The number of imide groups is 1. The molecule has 7 heterocycles. The molecule has 4 fully saturated rings. The first-order chi connectivity index (χ1) is 30.3. The molecule has 62 heavy (non-hydrogen) atoms. The minimum atomic E-state index is -0.583. The lowest BCUT2D eigenvalue weighted by Crippen LogP contribution is -2.52. The van der Waals surface area contributed by atoms with Crippen molar-refractivity contribution in [3.05, 3.63) is 90.3 Å². The number of para-hydroxylation sites is 1. The largest absolute Gasteiger partial charge is 0.457 e. The Morgan fingerprint density at radius 2 is 1.60 bits per heavy atom. The van der Waals surface area contributed by atoms with Crippen LogP contribution in [0.3, 0.4) is 0 Å². The topological polar surface area (TPSA) is 155 Å². The standard InChI is InChI=1S/C48H56N10O4/c49-45-43-44(33-10-13-39(14-11-33)62-38-8-2-1-3-9-38)53-58(46(43)51-31-50-45)37-7-5-23-56(30-37)35-20-24-54(25-21-35)22-4-6-32-18-26-55(27-19-32)36-12-15-40-34(28-36)29-57(48(40)61)41-16-17-42(59)52-47(41)60/h1-3,8-15,28,31-32,35,37,41H,4-7,16-27,29-30H2,(H2,49,50,51)(H,52,59,60)/t37-,41?/m1/s1. The fraction of sp³-hybridized carbons (Fsp3) is 0.458. The number of nitrogens with two attached hydrogens (primary N) is 1. The van der Waals surface area contributed by atoms with Crippen molar-refractivity contribution in [2.24, 2.45) is 5.92 Å². The highest BCUT2D eigenvalue weighted by Gasteiger charge is 2.39. The summed E-state index contributed by atoms with van der Waals surface area (Å²) in [6.07, 6.45) is 11.6. The molecule has 14 nitrogen and oxygen atoms in total. The van der Waals surface area contributed by atoms with E-state index in [2.05, 4.69) is 41.8 Å². The number of hydrogen-bond donors (Lipinski definition) is 2. The molecule has 0 bridgehead atoms. The number of nitrogens with one attached hydrogen (secondary N) is 1. The Hall–Kier alpha value is -5.86. The van der Waals surface area contributed by atoms with Crippen LogP contribution in [0.2, 0.25) is 0 Å². The normalized spacial score (nSPS) is 22.0. The van der Waals surface area contributed by atoms with E-state index in [-0.39, 0.29) is 30.2 Å². The number of aromatic nitrogens is 4. The van der Waals surface area contributed by atoms with Crippen LogP contribution in [0.1, 0.15) is 86.2 Å². The number of hydrogen-bond acceptors (Lipinski definition) is 11. The van der Waals surface area contributed by atoms with Gasteiger partial charge in [-0.25, -0.2) is 14.6 Å². The average molecular weight is 837 g/mol. The first-order valence-corrected chi connectivity index (χ1v) is 22.7. The molecule has 3 N–H and O–H groups in total. The van der Waals surface area contributed by atoms with Gasteiger partial charge in [0.05, 0.1) is 11.4 Å². The van der Waals surface area contributed by atoms with E-state index >= 15 is 0 Å². The zero-order valence-electron chi connectivity index (χ0n) is 35.3. The molecule has 2 aromatic heterocycles. The van der Waals surface area contributed by atoms with Crippen LogP contribution in [0.15, 0.2) is 79.1 Å². The minimum absolute atomic E-state index is 0.117. The third-order valence-corrected chi connectivity index (χ3v) is 14.0. The number of benzene rings is 3. The zero-order valence-corrected chi connectivity index (χ0v) is 35.3. The van der Waals surface area contributed by atoms with E-state index in [0.29, 0.717) is 30.4 Å². The van der Waals surface area contributed by atoms with E-state index in [1.54, 1.807) is 11.2 Å². The van der Waals surface area contributed by atoms with Gasteiger partial charge in [-0.2, -0.15) is 5.10 Å². The molecule has 4 saturated heterocycles. The van der Waals surface area contributed by atoms with Crippen molar-refractivity contribution in [1.29, 1.82) is 0 Å². The van der Waals surface area contributed by atoms with Crippen LogP contribution < -0.4 is 20.7 Å². The molecule has 2 atom stereocenters. The third kappa shape index (κ3) is 8.25. The number of likely N-dealkylation sites (tertiary alicyclic amines) is 2. The summed E-state index contributed by atoms with van der Waals surface area (Å²) in [5.74, 6) is 1.99. The maximum absolute atomic E-state index is 13.2. The molecule has 3 aromatic carbocycles. The van der Waals surface area contributed by atoms with Gasteiger partial charge in [0.1, 0.15) is 35.4 Å². The van der Waals surface area contributed by atoms with Crippen LogP contribution in [0, 0.1) is 5.92 Å². The number of carbonyl (C=O) groups excluding carboxylic acids is 3. The fourth-order valence-electron chi connectivity index (χ4n) is 10.6. The summed E-state index contributed by atoms with van der Waals surface area (Å²) in [5, 5.41) is 8.40. The maximum atomic E-state index is 13.2. The zero-order chi connectivity index (χ0) is 42.2. The first kappa shape index (κ1) is 40.2. The Bertz CT molecular complexity index is 2420. The molecule has 0 saturated carbocycles. The molecule has 322 valence electrons. The first-order valence-electron chi connectivity index (χ1n) is 22.7. The van der Waals surface area contributed by atoms with E-state index in [0.717, 1.165) is 103 Å². The van der Waals surface area contributed by atoms with Crippen molar-refractivity contribution in [2.75, 3.05) is 56.4 Å². The van der Waals surface area contributed by atoms with Crippen LogP contribution in [-0.2, 0) is 16.1 Å². The number of nitrogens with zero attached hydrogens (tertiary/aromatic N) is 8. The second kappa shape index (κ2) is 17.5. The second-order valence-corrected chi connectivity index (χ2v) is 17.9. The van der Waals surface area contributed by atoms with Gasteiger partial charge in [-0.1, -0.05) is 18.2 Å². The Kier molecular flexibility index (Phi) is 11.3. The highest BCUT2D eigenvalue weighted by atomic mass is 16.5. The van der Waals surface area contributed by atoms with Crippen LogP contribution in [0.25, 0.3) is 22.3 Å². The Balaban J connectivity index is 0.687. The number of ether oxygens (including phenoxy) is 1. The maximum Gasteiger partial charge on any atom is 0.255 e. The Morgan fingerprint density at radius 3 is 2.39 bits per heavy atom. The summed E-state index contributed by atoms with van der Waals surface area (Å²) in [6.45, 7) is 7.99. The minimum Gasteiger partial charge on any atom is -0.457 e. The van der Waals surface area contributed by atoms with Crippen molar-refractivity contribution in [1.82, 2.24) is 39.8 Å². The van der Waals surface area contributed by atoms with E-state index in [1.165, 1.54) is 45.1 Å². The monoisotopic (exact) mass is 836 g/mol. The van der Waals surface area contributed by atoms with E-state index in [4.69, 9.17) is 20.6 Å². The van der Waals surface area contributed by atoms with Gasteiger partial charge in [0.2, 0.25) is 11.8 Å². The molecule has 1 unspecified atom stereocenters. The van der Waals surface area contributed by atoms with E-state index in [1.807, 2.05) is 60.7 Å². The Labute approximate surface area is 362 Å². The summed E-state index contributed by atoms with van der Waals surface area (Å²) in [5.41, 5.74) is 11.9. The van der Waals surface area contributed by atoms with Crippen LogP contribution in [0.5, 0.6) is 11.5 Å². The number of amides is 3. The molecule has 5 aliphatic heterocycles. The van der Waals surface area contributed by atoms with Crippen molar-refractivity contribution < 1.29 is 19.1 Å². The third-order valence-electron chi connectivity index (χ3n) is 14.0. The molecule has 3 amide bonds. The second-order valence-electron chi connectivity index (χ2n) is 17.9. The van der Waals surface area contributed by atoms with Gasteiger partial charge in [0.15, 0.2) is 5.65 Å². The van der Waals surface area contributed by atoms with Gasteiger partial charge in [-0.05, 0) is 150 Å². The van der Waals surface area contributed by atoms with Crippen LogP contribution >= 0.6 is 0 Å². The van der Waals surface area contributed by atoms with E-state index < -0.39 is 6.04 Å². The lowest BCUT2D eigenvalue weighted by Gasteiger charge is -2.42. The number of anilines is 2. The molecule has 10 rings (SSSR count). The summed E-state index contributed by atoms with van der Waals surface area (Å²) >= 11 is 0. The Morgan fingerprint density at radius 1 is 0.806 bits per heavy atom. The fourth-order valence-corrected chi connectivity index (χ4v) is 10.6. The summed E-state index contributed by atoms with van der Waals surface area (Å²) < 4.78 is 8.16. The van der Waals surface area contributed by atoms with Gasteiger partial charge in [-0.15, -0.1) is 0 Å². The molecular formula is C48H56N10O4. The number of nitrogen functional groups attached to an aromatic ring is 1. The smallest absolute Gasteiger partial charge is 0.255 e. The van der Waals surface area contributed by atoms with Crippen LogP contribution in [0.4, 0.5) is 11.5 Å². The number of piperidine rings is 4. The lowest BCUT2D eigenvalue weighted by molar-refractivity contribution is -0.136. The highest BCUT2D eigenvalue weighted by Crippen LogP contribution is 2.37. The average Bonchev–Trinajstić information content (AvgIpc) is 3.86. The van der Waals surface area contributed by atoms with Gasteiger partial charge >= 0.3 is 0 Å². The van der Waals surface area contributed by atoms with Gasteiger partial charge in [0, 0.05) is 55.5 Å². The molecule has 5 aliphatic rings. The van der Waals surface area contributed by atoms with Gasteiger partial charge < -0.3 is 25.2 Å². The van der Waals surface area contributed by atoms with Crippen molar-refractivity contribution >= 4 is 40.3 Å². The van der Waals surface area contributed by atoms with Gasteiger partial charge in [0.25, 0.3) is 5.91 Å². The molecule has 0 aliphatic carbocycles. The summed E-state index contributed by atoms with van der Waals surface area (Å²) in [7, 11) is 0. The SMILES string of the molecule is Nc1ncnc2c1c(-c1ccc(Oc3ccccc3)cc1)nn2[C@@H]1CCCN(C2CCN(CCCC3CCN(c4ccc5c(c4)CN(C4CCC(=O)NC4=O)C5=O)CC3)CC2)C1. The number of carbonyl (C=O) groups is 3. The lowest BCUT2D eigenvalue weighted by atomic mass is 9.91.